The zero-order valence-corrected chi connectivity index (χ0v) is 13.8. The number of hydrogen-bond acceptors (Lipinski definition) is 0. The van der Waals surface area contributed by atoms with E-state index in [0.717, 1.165) is 0 Å². The largest absolute Gasteiger partial charge is 0.484 e. The van der Waals surface area contributed by atoms with Crippen LogP contribution in [0.5, 0.6) is 0 Å². The average molecular weight is 418 g/mol. The summed E-state index contributed by atoms with van der Waals surface area (Å²) >= 11 is 0. The van der Waals surface area contributed by atoms with Crippen LogP contribution in [0.1, 0.15) is 18.4 Å². The van der Waals surface area contributed by atoms with E-state index in [1.807, 2.05) is 0 Å². The first kappa shape index (κ1) is 14.0. The van der Waals surface area contributed by atoms with Crippen LogP contribution in [0.25, 0.3) is 10.9 Å². The molecule has 0 spiro atoms. The van der Waals surface area contributed by atoms with Crippen molar-refractivity contribution in [1.82, 2.24) is 4.57 Å². The van der Waals surface area contributed by atoms with Gasteiger partial charge in [0.2, 0.25) is 0 Å². The summed E-state index contributed by atoms with van der Waals surface area (Å²) in [4.78, 5) is 0. The van der Waals surface area contributed by atoms with E-state index in [9.17, 15) is 0 Å². The molecule has 0 aliphatic carbocycles. The van der Waals surface area contributed by atoms with Crippen molar-refractivity contribution < 1.29 is 21.1 Å². The van der Waals surface area contributed by atoms with Gasteiger partial charge in [-0.3, -0.25) is 0 Å². The van der Waals surface area contributed by atoms with Gasteiger partial charge in [0.1, 0.15) is 0 Å². The maximum absolute atomic E-state index is 2.26. The minimum atomic E-state index is 0. The molecule has 1 unspecified atom stereocenters. The van der Waals surface area contributed by atoms with Gasteiger partial charge in [-0.1, -0.05) is 78.0 Å². The minimum Gasteiger partial charge on any atom is -0.484 e. The zero-order valence-electron chi connectivity index (χ0n) is 10.9. The Morgan fingerprint density at radius 1 is 0.895 bits per heavy atom. The maximum atomic E-state index is 2.26. The van der Waals surface area contributed by atoms with Crippen LogP contribution in [-0.2, 0) is 21.1 Å². The number of benzene rings is 2. The first-order valence-electron chi connectivity index (χ1n) is 6.30. The summed E-state index contributed by atoms with van der Waals surface area (Å²) in [6.45, 7) is 4.49. The van der Waals surface area contributed by atoms with E-state index in [4.69, 9.17) is 0 Å². The Labute approximate surface area is 128 Å². The molecule has 0 saturated heterocycles. The molecule has 0 radical (unpaired) electrons. The number of fused-ring (bicyclic) bond motifs is 1. The van der Waals surface area contributed by atoms with Crippen molar-refractivity contribution in [2.24, 2.45) is 0 Å². The normalized spacial score (nSPS) is 11.8. The third-order valence-corrected chi connectivity index (χ3v) is 3.34. The van der Waals surface area contributed by atoms with Crippen molar-refractivity contribution in [3.05, 3.63) is 79.0 Å². The van der Waals surface area contributed by atoms with Crippen molar-refractivity contribution in [2.45, 2.75) is 12.8 Å². The molecule has 3 rings (SSSR count). The SMILES string of the molecule is CC([CH-]n1ccc2ccccc21)c1ccccc1.[W]. The molecule has 1 aromatic heterocycles. The van der Waals surface area contributed by atoms with Crippen LogP contribution < -0.4 is 0 Å². The molecule has 3 aromatic rings. The molecule has 0 bridgehead atoms. The molecule has 0 aliphatic heterocycles. The van der Waals surface area contributed by atoms with Crippen molar-refractivity contribution in [2.75, 3.05) is 0 Å². The molecule has 19 heavy (non-hydrogen) atoms. The van der Waals surface area contributed by atoms with E-state index in [2.05, 4.69) is 84.9 Å². The number of rotatable bonds is 3. The van der Waals surface area contributed by atoms with Gasteiger partial charge in [-0.2, -0.15) is 0 Å². The van der Waals surface area contributed by atoms with E-state index in [0.29, 0.717) is 5.92 Å². The molecule has 1 atom stereocenters. The fraction of sp³-hybridized carbons (Fsp3) is 0.118. The molecule has 0 aliphatic rings. The van der Waals surface area contributed by atoms with Gasteiger partial charge in [-0.25, -0.2) is 0 Å². The Morgan fingerprint density at radius 2 is 1.58 bits per heavy atom. The van der Waals surface area contributed by atoms with Gasteiger partial charge in [-0.05, 0) is 5.92 Å². The quantitative estimate of drug-likeness (QED) is 0.554. The molecule has 96 valence electrons. The summed E-state index contributed by atoms with van der Waals surface area (Å²) in [5.41, 5.74) is 2.61. The Morgan fingerprint density at radius 3 is 2.37 bits per heavy atom. The van der Waals surface area contributed by atoms with E-state index in [1.165, 1.54) is 16.5 Å². The Hall–Kier alpha value is -1.46. The molecule has 0 N–H and O–H groups in total. The second kappa shape index (κ2) is 6.12. The molecule has 0 amide bonds. The molecule has 2 aromatic carbocycles. The van der Waals surface area contributed by atoms with E-state index in [1.54, 1.807) is 0 Å². The van der Waals surface area contributed by atoms with Gasteiger partial charge >= 0.3 is 0 Å². The van der Waals surface area contributed by atoms with Gasteiger partial charge in [0.15, 0.2) is 0 Å². The number of nitrogens with zero attached hydrogens (tertiary/aromatic N) is 1. The van der Waals surface area contributed by atoms with Crippen molar-refractivity contribution in [3.63, 3.8) is 0 Å². The predicted molar refractivity (Wildman–Crippen MR) is 76.5 cm³/mol. The van der Waals surface area contributed by atoms with Crippen molar-refractivity contribution in [3.8, 4) is 0 Å². The number of hydrogen-bond donors (Lipinski definition) is 0. The Bertz CT molecular complexity index is 642. The van der Waals surface area contributed by atoms with Gasteiger partial charge in [-0.15, -0.1) is 18.8 Å². The standard InChI is InChI=1S/C17H16N.W/c1-14(15-7-3-2-4-8-15)13-18-12-11-16-9-5-6-10-17(16)18;/h2-14H,1H3;/q-1;. The fourth-order valence-corrected chi connectivity index (χ4v) is 2.32. The van der Waals surface area contributed by atoms with Crippen molar-refractivity contribution in [1.29, 1.82) is 0 Å². The molecule has 0 saturated carbocycles. The smallest absolute Gasteiger partial charge is 0 e. The Kier molecular flexibility index (Phi) is 4.50. The summed E-state index contributed by atoms with van der Waals surface area (Å²) in [6.07, 6.45) is 2.13. The van der Waals surface area contributed by atoms with Crippen LogP contribution in [-0.4, -0.2) is 4.57 Å². The summed E-state index contributed by atoms with van der Waals surface area (Å²) in [7, 11) is 0. The average Bonchev–Trinajstić information content (AvgIpc) is 2.83. The first-order valence-corrected chi connectivity index (χ1v) is 6.30. The summed E-state index contributed by atoms with van der Waals surface area (Å²) in [6, 6.07) is 21.2. The van der Waals surface area contributed by atoms with Crippen LogP contribution in [0, 0.1) is 6.54 Å². The van der Waals surface area contributed by atoms with E-state index < -0.39 is 0 Å². The summed E-state index contributed by atoms with van der Waals surface area (Å²) < 4.78 is 2.22. The monoisotopic (exact) mass is 418 g/mol. The van der Waals surface area contributed by atoms with Crippen molar-refractivity contribution >= 4 is 10.9 Å². The topological polar surface area (TPSA) is 4.93 Å². The zero-order chi connectivity index (χ0) is 12.4. The van der Waals surface area contributed by atoms with Crippen LogP contribution in [0.15, 0.2) is 66.9 Å². The van der Waals surface area contributed by atoms with E-state index in [-0.39, 0.29) is 21.1 Å². The minimum absolute atomic E-state index is 0. The number of aromatic nitrogens is 1. The molecule has 2 heteroatoms. The third kappa shape index (κ3) is 2.93. The van der Waals surface area contributed by atoms with Gasteiger partial charge in [0, 0.05) is 21.1 Å². The fourth-order valence-electron chi connectivity index (χ4n) is 2.32. The molecule has 0 fully saturated rings. The third-order valence-electron chi connectivity index (χ3n) is 3.34. The molecule has 1 heterocycles. The van der Waals surface area contributed by atoms with Gasteiger partial charge in [0.25, 0.3) is 0 Å². The maximum Gasteiger partial charge on any atom is 0 e. The second-order valence-electron chi connectivity index (χ2n) is 4.63. The molecular formula is C17H16NW-. The Balaban J connectivity index is 0.00000133. The number of para-hydroxylation sites is 1. The first-order chi connectivity index (χ1) is 8.84. The van der Waals surface area contributed by atoms with Crippen LogP contribution in [0.4, 0.5) is 0 Å². The van der Waals surface area contributed by atoms with Gasteiger partial charge < -0.3 is 4.57 Å². The van der Waals surface area contributed by atoms with Crippen LogP contribution in [0.3, 0.4) is 0 Å². The van der Waals surface area contributed by atoms with Gasteiger partial charge in [0.05, 0.1) is 0 Å². The predicted octanol–water partition coefficient (Wildman–Crippen LogP) is 4.45. The summed E-state index contributed by atoms with van der Waals surface area (Å²) in [5, 5.41) is 1.29. The van der Waals surface area contributed by atoms with E-state index >= 15 is 0 Å². The summed E-state index contributed by atoms with van der Waals surface area (Å²) in [5.74, 6) is 0.405. The molecule has 1 nitrogen and oxygen atoms in total. The van der Waals surface area contributed by atoms with Crippen LogP contribution >= 0.6 is 0 Å². The molecular weight excluding hydrogens is 402 g/mol. The van der Waals surface area contributed by atoms with Crippen LogP contribution in [0.2, 0.25) is 0 Å². The second-order valence-corrected chi connectivity index (χ2v) is 4.63.